The molecule has 0 aromatic heterocycles. The number of carboxylic acid groups (broad SMARTS) is 1. The van der Waals surface area contributed by atoms with Crippen molar-refractivity contribution in [1.82, 2.24) is 0 Å². The summed E-state index contributed by atoms with van der Waals surface area (Å²) in [6.07, 6.45) is 1.01. The van der Waals surface area contributed by atoms with Crippen molar-refractivity contribution in [2.24, 2.45) is 0 Å². The van der Waals surface area contributed by atoms with E-state index < -0.39 is 11.8 Å². The fourth-order valence-corrected chi connectivity index (χ4v) is 1.32. The molecule has 1 aromatic rings. The number of aliphatic carboxylic acids is 1. The molecule has 0 heterocycles. The largest absolute Gasteiger partial charge is 0.541 e. The van der Waals surface area contributed by atoms with Crippen molar-refractivity contribution in [3.8, 4) is 0 Å². The van der Waals surface area contributed by atoms with Gasteiger partial charge < -0.3 is 9.90 Å². The molecule has 1 atom stereocenters. The average molecular weight is 205 g/mol. The van der Waals surface area contributed by atoms with E-state index in [0.717, 1.165) is 12.0 Å². The van der Waals surface area contributed by atoms with Gasteiger partial charge in [-0.25, -0.2) is 0 Å². The van der Waals surface area contributed by atoms with Crippen LogP contribution < -0.4 is 5.11 Å². The maximum atomic E-state index is 11.0. The maximum Gasteiger partial charge on any atom is 0.208 e. The zero-order chi connectivity index (χ0) is 11.4. The van der Waals surface area contributed by atoms with E-state index in [1.54, 1.807) is 12.1 Å². The summed E-state index contributed by atoms with van der Waals surface area (Å²) in [6.45, 7) is 4.15. The Morgan fingerprint density at radius 2 is 1.80 bits per heavy atom. The smallest absolute Gasteiger partial charge is 0.208 e. The fraction of sp³-hybridized carbons (Fsp3) is 0.333. The molecule has 3 nitrogen and oxygen atoms in total. The molecule has 0 saturated carbocycles. The molecule has 0 aliphatic rings. The second-order valence-electron chi connectivity index (χ2n) is 3.55. The molecule has 3 heteroatoms. The lowest BCUT2D eigenvalue weighted by Gasteiger charge is -2.09. The van der Waals surface area contributed by atoms with Gasteiger partial charge in [0.05, 0.1) is 0 Å². The standard InChI is InChI=1S/C12H14O3/c1-3-8(2)9-4-6-10(7-5-9)11(13)12(14)15/h4-8H,3H2,1-2H3,(H,14,15)/p-1. The monoisotopic (exact) mass is 205 g/mol. The third-order valence-electron chi connectivity index (χ3n) is 2.54. The van der Waals surface area contributed by atoms with Gasteiger partial charge in [0, 0.05) is 5.56 Å². The van der Waals surface area contributed by atoms with Gasteiger partial charge in [0.1, 0.15) is 5.97 Å². The molecule has 0 saturated heterocycles. The van der Waals surface area contributed by atoms with Crippen LogP contribution in [0, 0.1) is 0 Å². The van der Waals surface area contributed by atoms with Crippen LogP contribution in [0.5, 0.6) is 0 Å². The highest BCUT2D eigenvalue weighted by Gasteiger charge is 2.07. The predicted octanol–water partition coefficient (Wildman–Crippen LogP) is 1.13. The third-order valence-corrected chi connectivity index (χ3v) is 2.54. The minimum absolute atomic E-state index is 0.169. The molecule has 0 bridgehead atoms. The van der Waals surface area contributed by atoms with Crippen molar-refractivity contribution in [2.45, 2.75) is 26.2 Å². The van der Waals surface area contributed by atoms with Gasteiger partial charge in [0.15, 0.2) is 0 Å². The minimum atomic E-state index is -1.66. The molecule has 1 unspecified atom stereocenters. The van der Waals surface area contributed by atoms with Crippen LogP contribution >= 0.6 is 0 Å². The lowest BCUT2D eigenvalue weighted by atomic mass is 9.97. The average Bonchev–Trinajstić information content (AvgIpc) is 2.27. The van der Waals surface area contributed by atoms with Crippen LogP contribution in [0.15, 0.2) is 24.3 Å². The first-order valence-electron chi connectivity index (χ1n) is 4.92. The van der Waals surface area contributed by atoms with Gasteiger partial charge in [-0.15, -0.1) is 0 Å². The van der Waals surface area contributed by atoms with Crippen LogP contribution in [-0.2, 0) is 4.79 Å². The topological polar surface area (TPSA) is 57.2 Å². The Hall–Kier alpha value is -1.64. The van der Waals surface area contributed by atoms with Crippen molar-refractivity contribution in [2.75, 3.05) is 0 Å². The number of carbonyl (C=O) groups is 2. The first-order chi connectivity index (χ1) is 7.06. The first-order valence-corrected chi connectivity index (χ1v) is 4.92. The Morgan fingerprint density at radius 3 is 2.20 bits per heavy atom. The van der Waals surface area contributed by atoms with Gasteiger partial charge in [-0.05, 0) is 17.9 Å². The minimum Gasteiger partial charge on any atom is -0.541 e. The number of carboxylic acids is 1. The number of ketones is 1. The van der Waals surface area contributed by atoms with Crippen LogP contribution in [0.2, 0.25) is 0 Å². The van der Waals surface area contributed by atoms with Gasteiger partial charge in [-0.1, -0.05) is 38.1 Å². The molecule has 0 fully saturated rings. The molecule has 1 aromatic carbocycles. The highest BCUT2D eigenvalue weighted by atomic mass is 16.4. The molecule has 15 heavy (non-hydrogen) atoms. The van der Waals surface area contributed by atoms with E-state index >= 15 is 0 Å². The number of hydrogen-bond donors (Lipinski definition) is 0. The van der Waals surface area contributed by atoms with Crippen molar-refractivity contribution in [3.05, 3.63) is 35.4 Å². The summed E-state index contributed by atoms with van der Waals surface area (Å²) in [7, 11) is 0. The normalized spacial score (nSPS) is 12.1. The van der Waals surface area contributed by atoms with Gasteiger partial charge >= 0.3 is 0 Å². The van der Waals surface area contributed by atoms with Gasteiger partial charge in [0.2, 0.25) is 5.78 Å². The Labute approximate surface area is 88.7 Å². The lowest BCUT2D eigenvalue weighted by molar-refractivity contribution is -0.296. The quantitative estimate of drug-likeness (QED) is 0.547. The maximum absolute atomic E-state index is 11.0. The van der Waals surface area contributed by atoms with E-state index in [9.17, 15) is 14.7 Å². The number of hydrogen-bond acceptors (Lipinski definition) is 3. The summed E-state index contributed by atoms with van der Waals surface area (Å²) in [5.41, 5.74) is 1.27. The van der Waals surface area contributed by atoms with E-state index in [1.165, 1.54) is 12.1 Å². The summed E-state index contributed by atoms with van der Waals surface area (Å²) in [5.74, 6) is -2.21. The van der Waals surface area contributed by atoms with Gasteiger partial charge in [0.25, 0.3) is 0 Å². The SMILES string of the molecule is CCC(C)c1ccc(C(=O)C(=O)[O-])cc1. The van der Waals surface area contributed by atoms with Crippen LogP contribution in [0.1, 0.15) is 42.1 Å². The van der Waals surface area contributed by atoms with E-state index in [4.69, 9.17) is 0 Å². The van der Waals surface area contributed by atoms with Crippen LogP contribution in [0.4, 0.5) is 0 Å². The molecule has 0 aliphatic carbocycles. The van der Waals surface area contributed by atoms with Crippen LogP contribution in [-0.4, -0.2) is 11.8 Å². The van der Waals surface area contributed by atoms with E-state index in [-0.39, 0.29) is 5.56 Å². The Bertz CT molecular complexity index is 365. The Kier molecular flexibility index (Phi) is 3.61. The number of Topliss-reactive ketones (excluding diaryl/α,β-unsaturated/α-hetero) is 1. The van der Waals surface area contributed by atoms with Crippen LogP contribution in [0.3, 0.4) is 0 Å². The zero-order valence-corrected chi connectivity index (χ0v) is 8.82. The molecule has 0 spiro atoms. The highest BCUT2D eigenvalue weighted by molar-refractivity contribution is 6.38. The van der Waals surface area contributed by atoms with E-state index in [1.807, 2.05) is 0 Å². The van der Waals surface area contributed by atoms with Crippen molar-refractivity contribution >= 4 is 11.8 Å². The zero-order valence-electron chi connectivity index (χ0n) is 8.82. The summed E-state index contributed by atoms with van der Waals surface area (Å²) < 4.78 is 0. The Morgan fingerprint density at radius 1 is 1.27 bits per heavy atom. The predicted molar refractivity (Wildman–Crippen MR) is 54.5 cm³/mol. The molecule has 80 valence electrons. The number of benzene rings is 1. The fourth-order valence-electron chi connectivity index (χ4n) is 1.32. The molecule has 0 N–H and O–H groups in total. The first kappa shape index (κ1) is 11.4. The summed E-state index contributed by atoms with van der Waals surface area (Å²) >= 11 is 0. The lowest BCUT2D eigenvalue weighted by Crippen LogP contribution is -2.31. The molecule has 1 rings (SSSR count). The highest BCUT2D eigenvalue weighted by Crippen LogP contribution is 2.18. The van der Waals surface area contributed by atoms with E-state index in [2.05, 4.69) is 13.8 Å². The van der Waals surface area contributed by atoms with Crippen LogP contribution in [0.25, 0.3) is 0 Å². The Balaban J connectivity index is 2.90. The second-order valence-corrected chi connectivity index (χ2v) is 3.55. The second kappa shape index (κ2) is 4.73. The van der Waals surface area contributed by atoms with Crippen molar-refractivity contribution in [1.29, 1.82) is 0 Å². The van der Waals surface area contributed by atoms with Crippen molar-refractivity contribution < 1.29 is 14.7 Å². The summed E-state index contributed by atoms with van der Waals surface area (Å²) in [6, 6.07) is 6.62. The molecular weight excluding hydrogens is 192 g/mol. The summed E-state index contributed by atoms with van der Waals surface area (Å²) in [4.78, 5) is 21.3. The number of carbonyl (C=O) groups excluding carboxylic acids is 2. The van der Waals surface area contributed by atoms with Crippen molar-refractivity contribution in [3.63, 3.8) is 0 Å². The number of rotatable bonds is 4. The molecule has 0 amide bonds. The van der Waals surface area contributed by atoms with Gasteiger partial charge in [-0.2, -0.15) is 0 Å². The third kappa shape index (κ3) is 2.65. The van der Waals surface area contributed by atoms with Gasteiger partial charge in [-0.3, -0.25) is 4.79 Å². The van der Waals surface area contributed by atoms with E-state index in [0.29, 0.717) is 5.92 Å². The molecule has 0 radical (unpaired) electrons. The summed E-state index contributed by atoms with van der Waals surface area (Å²) in [5, 5.41) is 10.3. The molecular formula is C12H13O3-. The molecule has 0 aliphatic heterocycles.